The molecule has 1 atom stereocenters. The third-order valence-electron chi connectivity index (χ3n) is 5.71. The molecule has 0 fully saturated rings. The maximum absolute atomic E-state index is 13.4. The number of primary amides is 1. The Morgan fingerprint density at radius 3 is 2.43 bits per heavy atom. The van der Waals surface area contributed by atoms with E-state index in [-0.39, 0.29) is 12.8 Å². The summed E-state index contributed by atoms with van der Waals surface area (Å²) < 4.78 is 26.6. The van der Waals surface area contributed by atoms with Crippen LogP contribution in [0.15, 0.2) is 71.7 Å². The third-order valence-corrected chi connectivity index (χ3v) is 5.71. The number of hydrogen-bond donors (Lipinski definition) is 2. The monoisotopic (exact) mass is 476 g/mol. The average molecular weight is 476 g/mol. The Morgan fingerprint density at radius 1 is 1.03 bits per heavy atom. The van der Waals surface area contributed by atoms with E-state index in [9.17, 15) is 23.2 Å². The predicted octanol–water partition coefficient (Wildman–Crippen LogP) is 2.95. The SMILES string of the molecule is CN1C(=O)[C@@H](NC(=O)CCc2ccc(F)c(F)c2)N=C(c2ccc(C(N)=O)cc2)c2ccccc21. The molecule has 178 valence electrons. The zero-order chi connectivity index (χ0) is 25.1. The van der Waals surface area contributed by atoms with E-state index in [0.29, 0.717) is 33.7 Å². The van der Waals surface area contributed by atoms with Crippen LogP contribution in [0.3, 0.4) is 0 Å². The van der Waals surface area contributed by atoms with Crippen molar-refractivity contribution in [2.45, 2.75) is 19.0 Å². The van der Waals surface area contributed by atoms with Crippen LogP contribution in [0, 0.1) is 11.6 Å². The van der Waals surface area contributed by atoms with Crippen molar-refractivity contribution in [2.24, 2.45) is 10.7 Å². The van der Waals surface area contributed by atoms with Gasteiger partial charge in [-0.15, -0.1) is 0 Å². The molecule has 3 aromatic carbocycles. The molecule has 4 rings (SSSR count). The fourth-order valence-corrected chi connectivity index (χ4v) is 3.82. The highest BCUT2D eigenvalue weighted by Crippen LogP contribution is 2.27. The molecule has 0 unspecified atom stereocenters. The number of aliphatic imine (C=N–C) groups is 1. The van der Waals surface area contributed by atoms with E-state index in [2.05, 4.69) is 10.3 Å². The molecular formula is C26H22F2N4O3. The van der Waals surface area contributed by atoms with Crippen molar-refractivity contribution in [3.63, 3.8) is 0 Å². The lowest BCUT2D eigenvalue weighted by Crippen LogP contribution is -2.46. The molecule has 0 saturated heterocycles. The average Bonchev–Trinajstić information content (AvgIpc) is 2.95. The first-order valence-electron chi connectivity index (χ1n) is 10.8. The van der Waals surface area contributed by atoms with E-state index in [0.717, 1.165) is 12.1 Å². The summed E-state index contributed by atoms with van der Waals surface area (Å²) >= 11 is 0. The first-order valence-corrected chi connectivity index (χ1v) is 10.8. The zero-order valence-corrected chi connectivity index (χ0v) is 18.8. The fraction of sp³-hybridized carbons (Fsp3) is 0.154. The Kier molecular flexibility index (Phi) is 6.68. The molecule has 3 N–H and O–H groups in total. The van der Waals surface area contributed by atoms with E-state index in [1.807, 2.05) is 12.1 Å². The number of carbonyl (C=O) groups excluding carboxylic acids is 3. The maximum atomic E-state index is 13.4. The molecule has 0 radical (unpaired) electrons. The standard InChI is InChI=1S/C26H22F2N4O3/c1-32-21-5-3-2-4-18(21)23(16-8-10-17(11-9-16)24(29)34)31-25(26(32)35)30-22(33)13-7-15-6-12-19(27)20(28)14-15/h2-6,8-12,14,25H,7,13H2,1H3,(H2,29,34)(H,30,33)/t25-/m0/s1. The van der Waals surface area contributed by atoms with Crippen molar-refractivity contribution >= 4 is 29.1 Å². The summed E-state index contributed by atoms with van der Waals surface area (Å²) in [6.45, 7) is 0. The van der Waals surface area contributed by atoms with Gasteiger partial charge in [0, 0.05) is 30.2 Å². The van der Waals surface area contributed by atoms with Crippen LogP contribution in [0.1, 0.15) is 33.5 Å². The number of benzodiazepines with no additional fused rings is 1. The molecule has 7 nitrogen and oxygen atoms in total. The van der Waals surface area contributed by atoms with Crippen LogP contribution in [0.2, 0.25) is 0 Å². The van der Waals surface area contributed by atoms with Gasteiger partial charge in [0.15, 0.2) is 11.6 Å². The van der Waals surface area contributed by atoms with Gasteiger partial charge in [-0.2, -0.15) is 0 Å². The smallest absolute Gasteiger partial charge is 0.272 e. The summed E-state index contributed by atoms with van der Waals surface area (Å²) in [5, 5.41) is 2.64. The Hall–Kier alpha value is -4.40. The van der Waals surface area contributed by atoms with Crippen LogP contribution >= 0.6 is 0 Å². The van der Waals surface area contributed by atoms with E-state index in [1.54, 1.807) is 43.4 Å². The normalized spacial score (nSPS) is 15.2. The van der Waals surface area contributed by atoms with Crippen molar-refractivity contribution in [1.82, 2.24) is 5.32 Å². The summed E-state index contributed by atoms with van der Waals surface area (Å²) in [4.78, 5) is 43.3. The largest absolute Gasteiger partial charge is 0.366 e. The van der Waals surface area contributed by atoms with Crippen LogP contribution in [0.5, 0.6) is 0 Å². The van der Waals surface area contributed by atoms with Gasteiger partial charge in [-0.3, -0.25) is 14.4 Å². The number of nitrogens with two attached hydrogens (primary N) is 1. The van der Waals surface area contributed by atoms with Gasteiger partial charge in [0.05, 0.1) is 11.4 Å². The molecule has 0 bridgehead atoms. The minimum absolute atomic E-state index is 0.0519. The van der Waals surface area contributed by atoms with Gasteiger partial charge < -0.3 is 16.0 Å². The Morgan fingerprint density at radius 2 is 1.74 bits per heavy atom. The van der Waals surface area contributed by atoms with E-state index < -0.39 is 35.5 Å². The number of aryl methyl sites for hydroxylation is 1. The summed E-state index contributed by atoms with van der Waals surface area (Å²) in [6.07, 6.45) is -1.11. The molecular weight excluding hydrogens is 454 g/mol. The molecule has 1 aliphatic heterocycles. The van der Waals surface area contributed by atoms with Crippen molar-refractivity contribution in [3.05, 3.63) is 101 Å². The molecule has 1 heterocycles. The number of hydrogen-bond acceptors (Lipinski definition) is 4. The quantitative estimate of drug-likeness (QED) is 0.572. The second-order valence-corrected chi connectivity index (χ2v) is 8.05. The lowest BCUT2D eigenvalue weighted by molar-refractivity contribution is -0.127. The topological polar surface area (TPSA) is 105 Å². The highest BCUT2D eigenvalue weighted by atomic mass is 19.2. The lowest BCUT2D eigenvalue weighted by Gasteiger charge is -2.20. The van der Waals surface area contributed by atoms with Crippen molar-refractivity contribution < 1.29 is 23.2 Å². The second-order valence-electron chi connectivity index (χ2n) is 8.05. The molecule has 9 heteroatoms. The number of carbonyl (C=O) groups is 3. The van der Waals surface area contributed by atoms with Gasteiger partial charge in [-0.25, -0.2) is 13.8 Å². The van der Waals surface area contributed by atoms with Gasteiger partial charge in [-0.05, 0) is 42.3 Å². The van der Waals surface area contributed by atoms with Crippen molar-refractivity contribution in [2.75, 3.05) is 11.9 Å². The predicted molar refractivity (Wildman–Crippen MR) is 127 cm³/mol. The molecule has 3 amide bonds. The second kappa shape index (κ2) is 9.84. The van der Waals surface area contributed by atoms with Gasteiger partial charge in [0.1, 0.15) is 0 Å². The number of fused-ring (bicyclic) bond motifs is 1. The van der Waals surface area contributed by atoms with Crippen LogP contribution in [-0.2, 0) is 16.0 Å². The van der Waals surface area contributed by atoms with Crippen LogP contribution in [-0.4, -0.2) is 36.6 Å². The fourth-order valence-electron chi connectivity index (χ4n) is 3.82. The maximum Gasteiger partial charge on any atom is 0.272 e. The number of amides is 3. The number of benzene rings is 3. The number of halogens is 2. The minimum atomic E-state index is -1.21. The number of nitrogens with one attached hydrogen (secondary N) is 1. The molecule has 0 aliphatic carbocycles. The zero-order valence-electron chi connectivity index (χ0n) is 18.8. The first-order chi connectivity index (χ1) is 16.7. The van der Waals surface area contributed by atoms with E-state index in [1.165, 1.54) is 11.0 Å². The molecule has 0 spiro atoms. The molecule has 0 saturated carbocycles. The van der Waals surface area contributed by atoms with Crippen molar-refractivity contribution in [1.29, 1.82) is 0 Å². The highest BCUT2D eigenvalue weighted by Gasteiger charge is 2.30. The van der Waals surface area contributed by atoms with Crippen LogP contribution < -0.4 is 16.0 Å². The lowest BCUT2D eigenvalue weighted by atomic mass is 9.99. The molecule has 0 aromatic heterocycles. The number of nitrogens with zero attached hydrogens (tertiary/aromatic N) is 2. The summed E-state index contributed by atoms with van der Waals surface area (Å²) in [7, 11) is 1.59. The minimum Gasteiger partial charge on any atom is -0.366 e. The van der Waals surface area contributed by atoms with Crippen LogP contribution in [0.4, 0.5) is 14.5 Å². The third kappa shape index (κ3) is 5.08. The van der Waals surface area contributed by atoms with Gasteiger partial charge in [0.2, 0.25) is 18.0 Å². The van der Waals surface area contributed by atoms with E-state index in [4.69, 9.17) is 5.73 Å². The van der Waals surface area contributed by atoms with Gasteiger partial charge in [-0.1, -0.05) is 36.4 Å². The Labute approximate surface area is 200 Å². The van der Waals surface area contributed by atoms with E-state index >= 15 is 0 Å². The Bertz CT molecular complexity index is 1340. The highest BCUT2D eigenvalue weighted by molar-refractivity contribution is 6.20. The first kappa shape index (κ1) is 23.7. The summed E-state index contributed by atoms with van der Waals surface area (Å²) in [5.74, 6) is -3.43. The molecule has 1 aliphatic rings. The van der Waals surface area contributed by atoms with Crippen LogP contribution in [0.25, 0.3) is 0 Å². The number of para-hydroxylation sites is 1. The molecule has 35 heavy (non-hydrogen) atoms. The van der Waals surface area contributed by atoms with Gasteiger partial charge in [0.25, 0.3) is 5.91 Å². The molecule has 3 aromatic rings. The Balaban J connectivity index is 1.62. The van der Waals surface area contributed by atoms with Gasteiger partial charge >= 0.3 is 0 Å². The summed E-state index contributed by atoms with van der Waals surface area (Å²) in [5.41, 5.74) is 8.48. The number of rotatable bonds is 6. The number of likely N-dealkylation sites (N-methyl/N-ethyl adjacent to an activating group) is 1. The summed E-state index contributed by atoms with van der Waals surface area (Å²) in [6, 6.07) is 17.1. The van der Waals surface area contributed by atoms with Crippen molar-refractivity contribution in [3.8, 4) is 0 Å². The number of anilines is 1.